The lowest BCUT2D eigenvalue weighted by molar-refractivity contribution is 0.0947. The Hall–Kier alpha value is -1.94. The summed E-state index contributed by atoms with van der Waals surface area (Å²) in [5, 5.41) is 15.3. The molecule has 2 rings (SSSR count). The lowest BCUT2D eigenvalue weighted by atomic mass is 10.2. The summed E-state index contributed by atoms with van der Waals surface area (Å²) in [5.74, 6) is -0.224. The van der Waals surface area contributed by atoms with Gasteiger partial charge in [-0.2, -0.15) is 10.4 Å². The predicted octanol–water partition coefficient (Wildman–Crippen LogP) is 1.92. The number of fused-ring (bicyclic) bond motifs is 1. The Bertz CT molecular complexity index is 631. The summed E-state index contributed by atoms with van der Waals surface area (Å²) in [6.45, 7) is 0.547. The van der Waals surface area contributed by atoms with Crippen molar-refractivity contribution in [3.63, 3.8) is 0 Å². The monoisotopic (exact) mass is 321 g/mol. The van der Waals surface area contributed by atoms with Crippen LogP contribution in [0.25, 0.3) is 5.65 Å². The molecule has 0 aliphatic heterocycles. The summed E-state index contributed by atoms with van der Waals surface area (Å²) in [7, 11) is 0. The van der Waals surface area contributed by atoms with Gasteiger partial charge in [-0.1, -0.05) is 0 Å². The van der Waals surface area contributed by atoms with Crippen molar-refractivity contribution in [1.82, 2.24) is 19.9 Å². The van der Waals surface area contributed by atoms with Crippen LogP contribution in [0.2, 0.25) is 0 Å². The Morgan fingerprint density at radius 3 is 3.16 bits per heavy atom. The van der Waals surface area contributed by atoms with Gasteiger partial charge in [0, 0.05) is 31.4 Å². The summed E-state index contributed by atoms with van der Waals surface area (Å²) >= 11 is 3.29. The number of halogens is 1. The van der Waals surface area contributed by atoms with E-state index in [1.165, 1.54) is 0 Å². The number of hydrogen-bond donors (Lipinski definition) is 1. The highest BCUT2D eigenvalue weighted by molar-refractivity contribution is 9.10. The minimum absolute atomic E-state index is 0.224. The van der Waals surface area contributed by atoms with E-state index in [2.05, 4.69) is 37.4 Å². The molecule has 0 unspecified atom stereocenters. The molecule has 0 spiro atoms. The van der Waals surface area contributed by atoms with Crippen molar-refractivity contribution < 1.29 is 4.79 Å². The second-order valence-corrected chi connectivity index (χ2v) is 4.89. The zero-order valence-corrected chi connectivity index (χ0v) is 11.7. The summed E-state index contributed by atoms with van der Waals surface area (Å²) in [6.07, 6.45) is 5.49. The summed E-state index contributed by atoms with van der Waals surface area (Å²) < 4.78 is 2.35. The molecule has 0 aliphatic carbocycles. The van der Waals surface area contributed by atoms with E-state index in [0.717, 1.165) is 17.3 Å². The van der Waals surface area contributed by atoms with Crippen LogP contribution < -0.4 is 5.32 Å². The first-order valence-corrected chi connectivity index (χ1v) is 6.66. The maximum absolute atomic E-state index is 11.8. The van der Waals surface area contributed by atoms with Crippen LogP contribution >= 0.6 is 15.9 Å². The Labute approximate surface area is 118 Å². The van der Waals surface area contributed by atoms with Crippen molar-refractivity contribution in [3.05, 3.63) is 28.6 Å². The number of rotatable bonds is 5. The van der Waals surface area contributed by atoms with Gasteiger partial charge in [-0.05, 0) is 28.8 Å². The number of amides is 1. The Morgan fingerprint density at radius 2 is 2.37 bits per heavy atom. The molecule has 0 saturated carbocycles. The van der Waals surface area contributed by atoms with Crippen LogP contribution in [0.15, 0.2) is 22.9 Å². The number of nitrogens with one attached hydrogen (secondary N) is 1. The molecule has 1 amide bonds. The van der Waals surface area contributed by atoms with Crippen LogP contribution in [0, 0.1) is 11.3 Å². The molecule has 0 radical (unpaired) electrons. The highest BCUT2D eigenvalue weighted by Crippen LogP contribution is 2.10. The summed E-state index contributed by atoms with van der Waals surface area (Å²) in [4.78, 5) is 16.0. The number of carbonyl (C=O) groups excluding carboxylic acids is 1. The third kappa shape index (κ3) is 3.51. The summed E-state index contributed by atoms with van der Waals surface area (Å²) in [5.41, 5.74) is 0.962. The van der Waals surface area contributed by atoms with Crippen molar-refractivity contribution in [2.75, 3.05) is 6.54 Å². The molecular weight excluding hydrogens is 310 g/mol. The lowest BCUT2D eigenvalue weighted by Gasteiger charge is -2.00. The maximum atomic E-state index is 11.8. The fourth-order valence-electron chi connectivity index (χ4n) is 1.59. The average molecular weight is 322 g/mol. The molecule has 0 bridgehead atoms. The zero-order chi connectivity index (χ0) is 13.7. The second-order valence-electron chi connectivity index (χ2n) is 3.98. The minimum atomic E-state index is -0.224. The molecule has 0 aliphatic rings. The molecule has 19 heavy (non-hydrogen) atoms. The first-order chi connectivity index (χ1) is 9.20. The highest BCUT2D eigenvalue weighted by Gasteiger charge is 2.10. The van der Waals surface area contributed by atoms with E-state index in [1.54, 1.807) is 23.0 Å². The molecular formula is C12H12BrN5O. The first-order valence-electron chi connectivity index (χ1n) is 5.87. The van der Waals surface area contributed by atoms with Gasteiger partial charge in [-0.25, -0.2) is 9.50 Å². The maximum Gasteiger partial charge on any atom is 0.271 e. The second kappa shape index (κ2) is 6.29. The number of hydrogen-bond acceptors (Lipinski definition) is 4. The standard InChI is InChI=1S/C12H12BrN5O/c13-9-7-16-11-6-10(17-18(11)8-9)12(19)15-5-3-1-2-4-14/h6-8H,1-3,5H2,(H,15,19). The number of nitrogens with zero attached hydrogens (tertiary/aromatic N) is 4. The van der Waals surface area contributed by atoms with Gasteiger partial charge in [-0.15, -0.1) is 0 Å². The van der Waals surface area contributed by atoms with Crippen molar-refractivity contribution in [2.24, 2.45) is 0 Å². The molecule has 2 aromatic heterocycles. The van der Waals surface area contributed by atoms with Crippen LogP contribution in [-0.2, 0) is 0 Å². The van der Waals surface area contributed by atoms with E-state index in [-0.39, 0.29) is 5.91 Å². The van der Waals surface area contributed by atoms with Crippen molar-refractivity contribution in [2.45, 2.75) is 19.3 Å². The quantitative estimate of drug-likeness (QED) is 0.853. The Balaban J connectivity index is 1.96. The predicted molar refractivity (Wildman–Crippen MR) is 72.5 cm³/mol. The van der Waals surface area contributed by atoms with E-state index in [0.29, 0.717) is 24.3 Å². The van der Waals surface area contributed by atoms with E-state index < -0.39 is 0 Å². The zero-order valence-electron chi connectivity index (χ0n) is 10.1. The minimum Gasteiger partial charge on any atom is -0.351 e. The van der Waals surface area contributed by atoms with Gasteiger partial charge in [-0.3, -0.25) is 4.79 Å². The molecule has 0 aromatic carbocycles. The van der Waals surface area contributed by atoms with Crippen molar-refractivity contribution in [3.8, 4) is 6.07 Å². The summed E-state index contributed by atoms with van der Waals surface area (Å²) in [6, 6.07) is 3.71. The van der Waals surface area contributed by atoms with E-state index in [1.807, 2.05) is 0 Å². The van der Waals surface area contributed by atoms with E-state index >= 15 is 0 Å². The molecule has 0 atom stereocenters. The molecule has 0 fully saturated rings. The van der Waals surface area contributed by atoms with Gasteiger partial charge in [0.05, 0.1) is 10.5 Å². The van der Waals surface area contributed by atoms with Crippen LogP contribution in [0.5, 0.6) is 0 Å². The number of aromatic nitrogens is 3. The third-order valence-corrected chi connectivity index (χ3v) is 2.92. The van der Waals surface area contributed by atoms with Gasteiger partial charge < -0.3 is 5.32 Å². The van der Waals surface area contributed by atoms with Crippen molar-refractivity contribution in [1.29, 1.82) is 5.26 Å². The fourth-order valence-corrected chi connectivity index (χ4v) is 1.88. The van der Waals surface area contributed by atoms with Crippen LogP contribution in [0.3, 0.4) is 0 Å². The largest absolute Gasteiger partial charge is 0.351 e. The normalized spacial score (nSPS) is 10.3. The lowest BCUT2D eigenvalue weighted by Crippen LogP contribution is -2.24. The molecule has 98 valence electrons. The van der Waals surface area contributed by atoms with Gasteiger partial charge in [0.1, 0.15) is 0 Å². The average Bonchev–Trinajstić information content (AvgIpc) is 2.81. The number of nitriles is 1. The molecule has 6 nitrogen and oxygen atoms in total. The molecule has 2 heterocycles. The van der Waals surface area contributed by atoms with Gasteiger partial charge in [0.15, 0.2) is 11.3 Å². The number of unbranched alkanes of at least 4 members (excludes halogenated alkanes) is 2. The molecule has 0 saturated heterocycles. The van der Waals surface area contributed by atoms with Crippen LogP contribution in [0.4, 0.5) is 0 Å². The topological polar surface area (TPSA) is 83.1 Å². The molecule has 2 aromatic rings. The molecule has 7 heteroatoms. The van der Waals surface area contributed by atoms with E-state index in [9.17, 15) is 4.79 Å². The van der Waals surface area contributed by atoms with Gasteiger partial charge in [0.25, 0.3) is 5.91 Å². The fraction of sp³-hybridized carbons (Fsp3) is 0.333. The third-order valence-electron chi connectivity index (χ3n) is 2.52. The SMILES string of the molecule is N#CCCCCNC(=O)c1cc2ncc(Br)cn2n1. The van der Waals surface area contributed by atoms with Crippen LogP contribution in [-0.4, -0.2) is 27.0 Å². The van der Waals surface area contributed by atoms with Crippen LogP contribution in [0.1, 0.15) is 29.8 Å². The van der Waals surface area contributed by atoms with Gasteiger partial charge in [0.2, 0.25) is 0 Å². The Morgan fingerprint density at radius 1 is 1.53 bits per heavy atom. The van der Waals surface area contributed by atoms with Crippen molar-refractivity contribution >= 4 is 27.5 Å². The molecule has 1 N–H and O–H groups in total. The first kappa shape index (κ1) is 13.5. The van der Waals surface area contributed by atoms with E-state index in [4.69, 9.17) is 5.26 Å². The smallest absolute Gasteiger partial charge is 0.271 e. The van der Waals surface area contributed by atoms with Gasteiger partial charge >= 0.3 is 0 Å². The Kier molecular flexibility index (Phi) is 4.47. The number of carbonyl (C=O) groups is 1. The highest BCUT2D eigenvalue weighted by atomic mass is 79.9.